The average Bonchev–Trinajstić information content (AvgIpc) is 2.47. The number of carbonyl (C=O) groups is 1. The van der Waals surface area contributed by atoms with Gasteiger partial charge in [0.25, 0.3) is 0 Å². The van der Waals surface area contributed by atoms with Crippen molar-refractivity contribution in [1.82, 2.24) is 0 Å². The third kappa shape index (κ3) is 1.78. The van der Waals surface area contributed by atoms with Crippen molar-refractivity contribution in [2.75, 3.05) is 0 Å². The molecule has 2 aromatic rings. The highest BCUT2D eigenvalue weighted by atomic mass is 16.1. The fourth-order valence-corrected chi connectivity index (χ4v) is 2.42. The molecule has 0 atom stereocenters. The zero-order valence-corrected chi connectivity index (χ0v) is 9.86. The molecule has 0 bridgehead atoms. The molecule has 0 saturated carbocycles. The number of hydrogen-bond donors (Lipinski definition) is 0. The summed E-state index contributed by atoms with van der Waals surface area (Å²) in [4.78, 5) is 11.7. The van der Waals surface area contributed by atoms with Crippen molar-refractivity contribution in [2.24, 2.45) is 0 Å². The van der Waals surface area contributed by atoms with E-state index in [0.717, 1.165) is 12.0 Å². The second-order valence-electron chi connectivity index (χ2n) is 4.65. The van der Waals surface area contributed by atoms with Gasteiger partial charge in [-0.05, 0) is 53.0 Å². The first kappa shape index (κ1) is 10.3. The van der Waals surface area contributed by atoms with Crippen molar-refractivity contribution in [3.05, 3.63) is 53.1 Å². The lowest BCUT2D eigenvalue weighted by Gasteiger charge is -2.06. The molecule has 0 saturated heterocycles. The maximum absolute atomic E-state index is 11.7. The fraction of sp³-hybridized carbons (Fsp3) is 0.188. The normalized spacial score (nSPS) is 15.4. The summed E-state index contributed by atoms with van der Waals surface area (Å²) < 4.78 is 0. The molecule has 0 heterocycles. The summed E-state index contributed by atoms with van der Waals surface area (Å²) >= 11 is 0. The number of fused-ring (bicyclic) bond motifs is 2. The number of allylic oxidation sites excluding steroid dienone is 1. The third-order valence-electron chi connectivity index (χ3n) is 3.44. The number of aryl methyl sites for hydroxylation is 1. The molecule has 0 radical (unpaired) electrons. The van der Waals surface area contributed by atoms with E-state index in [1.54, 1.807) is 0 Å². The van der Waals surface area contributed by atoms with Crippen LogP contribution in [0.15, 0.2) is 42.0 Å². The minimum Gasteiger partial charge on any atom is -0.295 e. The summed E-state index contributed by atoms with van der Waals surface area (Å²) in [6.07, 6.45) is 3.51. The van der Waals surface area contributed by atoms with Gasteiger partial charge in [-0.1, -0.05) is 30.3 Å². The molecular weight excluding hydrogens is 208 g/mol. The van der Waals surface area contributed by atoms with Crippen molar-refractivity contribution < 1.29 is 4.79 Å². The molecule has 3 rings (SSSR count). The molecule has 2 aromatic carbocycles. The summed E-state index contributed by atoms with van der Waals surface area (Å²) in [5.74, 6) is 0.269. The molecule has 0 fully saturated rings. The maximum atomic E-state index is 11.7. The Morgan fingerprint density at radius 3 is 2.47 bits per heavy atom. The van der Waals surface area contributed by atoms with Gasteiger partial charge < -0.3 is 0 Å². The second kappa shape index (κ2) is 3.85. The van der Waals surface area contributed by atoms with Crippen molar-refractivity contribution in [3.63, 3.8) is 0 Å². The van der Waals surface area contributed by atoms with Gasteiger partial charge in [0.1, 0.15) is 0 Å². The van der Waals surface area contributed by atoms with Crippen molar-refractivity contribution >= 4 is 22.6 Å². The Morgan fingerprint density at radius 1 is 1.00 bits per heavy atom. The van der Waals surface area contributed by atoms with Crippen LogP contribution in [0, 0.1) is 0 Å². The number of rotatable bonds is 0. The Hall–Kier alpha value is -1.89. The van der Waals surface area contributed by atoms with Crippen LogP contribution in [0.1, 0.15) is 24.5 Å². The molecule has 17 heavy (non-hydrogen) atoms. The standard InChI is InChI=1S/C16H14O/c1-11-8-15-10-13-5-3-2-4-12(13)9-14(15)6-7-16(11)17/h2-5,8-10H,6-7H2,1H3. The number of hydrogen-bond acceptors (Lipinski definition) is 1. The van der Waals surface area contributed by atoms with Gasteiger partial charge in [-0.2, -0.15) is 0 Å². The van der Waals surface area contributed by atoms with E-state index in [0.29, 0.717) is 6.42 Å². The number of benzene rings is 2. The van der Waals surface area contributed by atoms with Gasteiger partial charge in [0.15, 0.2) is 5.78 Å². The van der Waals surface area contributed by atoms with Gasteiger partial charge in [-0.15, -0.1) is 0 Å². The van der Waals surface area contributed by atoms with Crippen LogP contribution in [-0.2, 0) is 11.2 Å². The largest absolute Gasteiger partial charge is 0.295 e. The Morgan fingerprint density at radius 2 is 1.71 bits per heavy atom. The molecule has 1 aliphatic rings. The minimum absolute atomic E-state index is 0.269. The molecule has 1 nitrogen and oxygen atoms in total. The quantitative estimate of drug-likeness (QED) is 0.663. The monoisotopic (exact) mass is 222 g/mol. The van der Waals surface area contributed by atoms with E-state index < -0.39 is 0 Å². The second-order valence-corrected chi connectivity index (χ2v) is 4.65. The first-order valence-electron chi connectivity index (χ1n) is 5.97. The number of carbonyl (C=O) groups excluding carboxylic acids is 1. The summed E-state index contributed by atoms with van der Waals surface area (Å²) in [7, 11) is 0. The fourth-order valence-electron chi connectivity index (χ4n) is 2.42. The summed E-state index contributed by atoms with van der Waals surface area (Å²) in [5.41, 5.74) is 3.36. The molecule has 0 amide bonds. The van der Waals surface area contributed by atoms with Crippen LogP contribution >= 0.6 is 0 Å². The minimum atomic E-state index is 0.269. The van der Waals surface area contributed by atoms with Crippen LogP contribution < -0.4 is 0 Å². The first-order valence-corrected chi connectivity index (χ1v) is 5.97. The number of ketones is 1. The van der Waals surface area contributed by atoms with Crippen LogP contribution in [0.2, 0.25) is 0 Å². The lowest BCUT2D eigenvalue weighted by molar-refractivity contribution is -0.115. The van der Waals surface area contributed by atoms with Crippen LogP contribution in [0.5, 0.6) is 0 Å². The number of Topliss-reactive ketones (excluding diaryl/α,β-unsaturated/α-hetero) is 1. The Labute approximate surface area is 101 Å². The van der Waals surface area contributed by atoms with Gasteiger partial charge in [0, 0.05) is 6.42 Å². The lowest BCUT2D eigenvalue weighted by atomic mass is 9.99. The predicted molar refractivity (Wildman–Crippen MR) is 70.9 cm³/mol. The highest BCUT2D eigenvalue weighted by Crippen LogP contribution is 2.26. The summed E-state index contributed by atoms with van der Waals surface area (Å²) in [5, 5.41) is 2.50. The van der Waals surface area contributed by atoms with E-state index in [4.69, 9.17) is 0 Å². The Balaban J connectivity index is 2.26. The van der Waals surface area contributed by atoms with Crippen LogP contribution in [0.3, 0.4) is 0 Å². The summed E-state index contributed by atoms with van der Waals surface area (Å²) in [6.45, 7) is 1.91. The molecule has 0 aliphatic heterocycles. The zero-order valence-electron chi connectivity index (χ0n) is 9.86. The van der Waals surface area contributed by atoms with Gasteiger partial charge in [-0.3, -0.25) is 4.79 Å². The molecule has 0 aromatic heterocycles. The van der Waals surface area contributed by atoms with Crippen molar-refractivity contribution in [3.8, 4) is 0 Å². The van der Waals surface area contributed by atoms with E-state index in [1.807, 2.05) is 19.1 Å². The molecule has 1 heteroatoms. The van der Waals surface area contributed by atoms with Crippen LogP contribution in [-0.4, -0.2) is 5.78 Å². The lowest BCUT2D eigenvalue weighted by Crippen LogP contribution is -1.98. The zero-order chi connectivity index (χ0) is 11.8. The molecule has 0 spiro atoms. The SMILES string of the molecule is CC1=Cc2cc3ccccc3cc2CCC1=O. The van der Waals surface area contributed by atoms with E-state index in [-0.39, 0.29) is 5.78 Å². The van der Waals surface area contributed by atoms with Crippen LogP contribution in [0.4, 0.5) is 0 Å². The van der Waals surface area contributed by atoms with E-state index >= 15 is 0 Å². The van der Waals surface area contributed by atoms with Crippen molar-refractivity contribution in [2.45, 2.75) is 19.8 Å². The van der Waals surface area contributed by atoms with E-state index in [9.17, 15) is 4.79 Å². The predicted octanol–water partition coefficient (Wildman–Crippen LogP) is 3.76. The highest BCUT2D eigenvalue weighted by molar-refractivity contribution is 6.01. The average molecular weight is 222 g/mol. The van der Waals surface area contributed by atoms with Crippen LogP contribution in [0.25, 0.3) is 16.8 Å². The van der Waals surface area contributed by atoms with E-state index in [2.05, 4.69) is 30.3 Å². The summed E-state index contributed by atoms with van der Waals surface area (Å²) in [6, 6.07) is 12.7. The van der Waals surface area contributed by atoms with Gasteiger partial charge in [0.05, 0.1) is 0 Å². The topological polar surface area (TPSA) is 17.1 Å². The smallest absolute Gasteiger partial charge is 0.158 e. The maximum Gasteiger partial charge on any atom is 0.158 e. The van der Waals surface area contributed by atoms with E-state index in [1.165, 1.54) is 21.9 Å². The third-order valence-corrected chi connectivity index (χ3v) is 3.44. The Bertz CT molecular complexity index is 635. The molecule has 84 valence electrons. The highest BCUT2D eigenvalue weighted by Gasteiger charge is 2.13. The van der Waals surface area contributed by atoms with Gasteiger partial charge >= 0.3 is 0 Å². The molecule has 0 unspecified atom stereocenters. The molecule has 0 N–H and O–H groups in total. The van der Waals surface area contributed by atoms with Gasteiger partial charge in [-0.25, -0.2) is 0 Å². The molecular formula is C16H14O. The Kier molecular flexibility index (Phi) is 2.32. The molecule has 1 aliphatic carbocycles. The van der Waals surface area contributed by atoms with Crippen molar-refractivity contribution in [1.29, 1.82) is 0 Å². The first-order chi connectivity index (χ1) is 8.24. The van der Waals surface area contributed by atoms with Gasteiger partial charge in [0.2, 0.25) is 0 Å².